The van der Waals surface area contributed by atoms with Crippen LogP contribution < -0.4 is 5.73 Å². The lowest BCUT2D eigenvalue weighted by Gasteiger charge is -2.37. The van der Waals surface area contributed by atoms with Gasteiger partial charge < -0.3 is 15.4 Å². The number of carbonyl (C=O) groups excluding carboxylic acids is 1. The molecule has 7 heteroatoms. The van der Waals surface area contributed by atoms with Crippen molar-refractivity contribution in [2.24, 2.45) is 11.7 Å². The summed E-state index contributed by atoms with van der Waals surface area (Å²) < 4.78 is 44.4. The molecular formula is C19H27F3N2O2. The molecule has 0 aliphatic carbocycles. The van der Waals surface area contributed by atoms with Crippen LogP contribution in [0.5, 0.6) is 0 Å². The summed E-state index contributed by atoms with van der Waals surface area (Å²) in [5.41, 5.74) is 5.21. The third kappa shape index (κ3) is 5.37. The lowest BCUT2D eigenvalue weighted by molar-refractivity contribution is -0.137. The normalized spacial score (nSPS) is 20.0. The number of hydrogen-bond donors (Lipinski definition) is 1. The van der Waals surface area contributed by atoms with Gasteiger partial charge >= 0.3 is 12.3 Å². The second kappa shape index (κ2) is 7.86. The highest BCUT2D eigenvalue weighted by atomic mass is 19.4. The monoisotopic (exact) mass is 372 g/mol. The van der Waals surface area contributed by atoms with Gasteiger partial charge in [0.2, 0.25) is 0 Å². The van der Waals surface area contributed by atoms with E-state index in [2.05, 4.69) is 0 Å². The van der Waals surface area contributed by atoms with Crippen molar-refractivity contribution in [3.05, 3.63) is 35.4 Å². The van der Waals surface area contributed by atoms with E-state index < -0.39 is 17.3 Å². The van der Waals surface area contributed by atoms with E-state index in [1.54, 1.807) is 31.7 Å². The third-order valence-electron chi connectivity index (χ3n) is 4.57. The summed E-state index contributed by atoms with van der Waals surface area (Å²) in [6.07, 6.45) is -3.18. The van der Waals surface area contributed by atoms with E-state index in [0.717, 1.165) is 18.9 Å². The third-order valence-corrected chi connectivity index (χ3v) is 4.57. The van der Waals surface area contributed by atoms with Crippen molar-refractivity contribution in [2.45, 2.75) is 51.3 Å². The first-order valence-corrected chi connectivity index (χ1v) is 8.86. The lowest BCUT2D eigenvalue weighted by Crippen LogP contribution is -2.45. The number of ether oxygens (including phenoxy) is 1. The summed E-state index contributed by atoms with van der Waals surface area (Å²) in [7, 11) is 0. The van der Waals surface area contributed by atoms with Crippen LogP contribution in [-0.4, -0.2) is 36.2 Å². The van der Waals surface area contributed by atoms with Crippen molar-refractivity contribution in [1.29, 1.82) is 0 Å². The molecule has 1 fully saturated rings. The van der Waals surface area contributed by atoms with Crippen LogP contribution in [0.1, 0.15) is 50.7 Å². The first kappa shape index (κ1) is 20.6. The van der Waals surface area contributed by atoms with Gasteiger partial charge in [0.1, 0.15) is 5.60 Å². The quantitative estimate of drug-likeness (QED) is 0.856. The topological polar surface area (TPSA) is 55.6 Å². The van der Waals surface area contributed by atoms with Crippen LogP contribution in [0.15, 0.2) is 24.3 Å². The number of likely N-dealkylation sites (tertiary alicyclic amines) is 1. The lowest BCUT2D eigenvalue weighted by atomic mass is 9.80. The number of benzene rings is 1. The molecule has 26 heavy (non-hydrogen) atoms. The molecule has 1 aliphatic heterocycles. The summed E-state index contributed by atoms with van der Waals surface area (Å²) in [6.45, 7) is 6.67. The Hall–Kier alpha value is -1.76. The van der Waals surface area contributed by atoms with Crippen LogP contribution in [0.3, 0.4) is 0 Å². The summed E-state index contributed by atoms with van der Waals surface area (Å²) in [4.78, 5) is 14.0. The summed E-state index contributed by atoms with van der Waals surface area (Å²) >= 11 is 0. The van der Waals surface area contributed by atoms with Gasteiger partial charge in [-0.15, -0.1) is 0 Å². The molecular weight excluding hydrogens is 345 g/mol. The molecule has 0 spiro atoms. The zero-order valence-corrected chi connectivity index (χ0v) is 15.5. The standard InChI is InChI=1S/C19H27F3N2O2/c1-18(2,3)26-17(25)24-9-5-7-14(12-24)16(11-23)13-6-4-8-15(10-13)19(20,21)22/h4,6,8,10,14,16H,5,7,9,11-12,23H2,1-3H3. The molecule has 0 radical (unpaired) electrons. The maximum atomic E-state index is 13.0. The number of alkyl halides is 3. The Kier molecular flexibility index (Phi) is 6.21. The zero-order chi connectivity index (χ0) is 19.5. The van der Waals surface area contributed by atoms with Gasteiger partial charge in [0, 0.05) is 19.0 Å². The van der Waals surface area contributed by atoms with Crippen molar-refractivity contribution in [3.8, 4) is 0 Å². The van der Waals surface area contributed by atoms with Crippen LogP contribution in [0, 0.1) is 5.92 Å². The highest BCUT2D eigenvalue weighted by molar-refractivity contribution is 5.68. The van der Waals surface area contributed by atoms with E-state index in [1.165, 1.54) is 12.1 Å². The van der Waals surface area contributed by atoms with Gasteiger partial charge in [-0.1, -0.05) is 18.2 Å². The first-order valence-electron chi connectivity index (χ1n) is 8.86. The van der Waals surface area contributed by atoms with Gasteiger partial charge in [0.15, 0.2) is 0 Å². The Labute approximate surface area is 152 Å². The summed E-state index contributed by atoms with van der Waals surface area (Å²) in [6, 6.07) is 5.32. The fraction of sp³-hybridized carbons (Fsp3) is 0.632. The molecule has 0 bridgehead atoms. The first-order chi connectivity index (χ1) is 12.0. The van der Waals surface area contributed by atoms with Gasteiger partial charge in [-0.25, -0.2) is 4.79 Å². The Balaban J connectivity index is 2.16. The van der Waals surface area contributed by atoms with E-state index in [0.29, 0.717) is 18.7 Å². The zero-order valence-electron chi connectivity index (χ0n) is 15.5. The van der Waals surface area contributed by atoms with E-state index in [1.807, 2.05) is 0 Å². The Morgan fingerprint density at radius 2 is 2.04 bits per heavy atom. The number of nitrogens with zero attached hydrogens (tertiary/aromatic N) is 1. The Morgan fingerprint density at radius 3 is 2.62 bits per heavy atom. The fourth-order valence-corrected chi connectivity index (χ4v) is 3.38. The largest absolute Gasteiger partial charge is 0.444 e. The van der Waals surface area contributed by atoms with Crippen LogP contribution in [-0.2, 0) is 10.9 Å². The molecule has 1 amide bonds. The van der Waals surface area contributed by atoms with Crippen molar-refractivity contribution in [1.82, 2.24) is 4.90 Å². The van der Waals surface area contributed by atoms with E-state index in [-0.39, 0.29) is 24.5 Å². The highest BCUT2D eigenvalue weighted by Gasteiger charge is 2.34. The predicted molar refractivity (Wildman–Crippen MR) is 93.8 cm³/mol. The molecule has 1 aliphatic rings. The molecule has 2 N–H and O–H groups in total. The molecule has 1 heterocycles. The highest BCUT2D eigenvalue weighted by Crippen LogP contribution is 2.35. The molecule has 0 saturated carbocycles. The molecule has 146 valence electrons. The molecule has 1 saturated heterocycles. The SMILES string of the molecule is CC(C)(C)OC(=O)N1CCCC(C(CN)c2cccc(C(F)(F)F)c2)C1. The molecule has 2 unspecified atom stereocenters. The van der Waals surface area contributed by atoms with Crippen LogP contribution in [0.4, 0.5) is 18.0 Å². The molecule has 1 aromatic rings. The summed E-state index contributed by atoms with van der Waals surface area (Å²) in [5, 5.41) is 0. The summed E-state index contributed by atoms with van der Waals surface area (Å²) in [5.74, 6) is -0.229. The van der Waals surface area contributed by atoms with Crippen molar-refractivity contribution in [3.63, 3.8) is 0 Å². The van der Waals surface area contributed by atoms with Gasteiger partial charge in [0.05, 0.1) is 5.56 Å². The van der Waals surface area contributed by atoms with Gasteiger partial charge in [0.25, 0.3) is 0 Å². The van der Waals surface area contributed by atoms with E-state index in [4.69, 9.17) is 10.5 Å². The molecule has 2 atom stereocenters. The molecule has 4 nitrogen and oxygen atoms in total. The number of hydrogen-bond acceptors (Lipinski definition) is 3. The van der Waals surface area contributed by atoms with Crippen molar-refractivity contribution < 1.29 is 22.7 Å². The van der Waals surface area contributed by atoms with Crippen LogP contribution in [0.2, 0.25) is 0 Å². The number of halogens is 3. The number of carbonyl (C=O) groups is 1. The minimum Gasteiger partial charge on any atom is -0.444 e. The van der Waals surface area contributed by atoms with Crippen molar-refractivity contribution in [2.75, 3.05) is 19.6 Å². The van der Waals surface area contributed by atoms with E-state index >= 15 is 0 Å². The van der Waals surface area contributed by atoms with Crippen LogP contribution in [0.25, 0.3) is 0 Å². The minimum absolute atomic E-state index is 0.00440. The number of nitrogens with two attached hydrogens (primary N) is 1. The minimum atomic E-state index is -4.38. The van der Waals surface area contributed by atoms with Gasteiger partial charge in [-0.2, -0.15) is 13.2 Å². The maximum Gasteiger partial charge on any atom is 0.416 e. The second-order valence-electron chi connectivity index (χ2n) is 7.79. The van der Waals surface area contributed by atoms with E-state index in [9.17, 15) is 18.0 Å². The number of amides is 1. The molecule has 2 rings (SSSR count). The second-order valence-corrected chi connectivity index (χ2v) is 7.79. The van der Waals surface area contributed by atoms with Crippen LogP contribution >= 0.6 is 0 Å². The molecule has 0 aromatic heterocycles. The van der Waals surface area contributed by atoms with Gasteiger partial charge in [-0.3, -0.25) is 0 Å². The fourth-order valence-electron chi connectivity index (χ4n) is 3.38. The maximum absolute atomic E-state index is 13.0. The van der Waals surface area contributed by atoms with Crippen molar-refractivity contribution >= 4 is 6.09 Å². The van der Waals surface area contributed by atoms with Gasteiger partial charge in [-0.05, 0) is 57.7 Å². The molecule has 1 aromatic carbocycles. The average molecular weight is 372 g/mol. The number of rotatable bonds is 3. The smallest absolute Gasteiger partial charge is 0.416 e. The average Bonchev–Trinajstić information content (AvgIpc) is 2.54. The Bertz CT molecular complexity index is 626. The Morgan fingerprint density at radius 1 is 1.35 bits per heavy atom. The number of piperidine rings is 1. The predicted octanol–water partition coefficient (Wildman–Crippen LogP) is 4.39.